The Hall–Kier alpha value is -2.31. The Kier molecular flexibility index (Phi) is 6.61. The fraction of sp³-hybridized carbons (Fsp3) is 0.611. The standard InChI is InChI=1S/C18H31N7/c1-13-12-14(2)25(22-13)11-7-9-20-18(19-5)21-10-8-17-15(3)23-24(6)16(17)4/h12H,7-11H2,1-6H3,(H2,19,20,21). The van der Waals surface area contributed by atoms with Crippen molar-refractivity contribution in [3.8, 4) is 0 Å². The molecule has 7 heteroatoms. The fourth-order valence-corrected chi connectivity index (χ4v) is 3.04. The van der Waals surface area contributed by atoms with Gasteiger partial charge in [0.05, 0.1) is 11.4 Å². The van der Waals surface area contributed by atoms with Crippen LogP contribution in [0.25, 0.3) is 0 Å². The van der Waals surface area contributed by atoms with Crippen LogP contribution in [0.5, 0.6) is 0 Å². The van der Waals surface area contributed by atoms with E-state index in [2.05, 4.69) is 57.3 Å². The third kappa shape index (κ3) is 5.08. The van der Waals surface area contributed by atoms with Crippen LogP contribution in [0.3, 0.4) is 0 Å². The molecule has 0 aliphatic carbocycles. The summed E-state index contributed by atoms with van der Waals surface area (Å²) in [5.41, 5.74) is 5.93. The summed E-state index contributed by atoms with van der Waals surface area (Å²) in [7, 11) is 3.79. The lowest BCUT2D eigenvalue weighted by molar-refractivity contribution is 0.555. The van der Waals surface area contributed by atoms with Gasteiger partial charge < -0.3 is 10.6 Å². The average molecular weight is 345 g/mol. The maximum Gasteiger partial charge on any atom is 0.190 e. The number of hydrogen-bond acceptors (Lipinski definition) is 3. The summed E-state index contributed by atoms with van der Waals surface area (Å²) in [6.45, 7) is 10.9. The van der Waals surface area contributed by atoms with Crippen molar-refractivity contribution in [2.45, 2.75) is 47.1 Å². The third-order valence-electron chi connectivity index (χ3n) is 4.49. The van der Waals surface area contributed by atoms with Crippen LogP contribution in [0, 0.1) is 27.7 Å². The number of aromatic nitrogens is 4. The van der Waals surface area contributed by atoms with Crippen molar-refractivity contribution < 1.29 is 0 Å². The number of hydrogen-bond donors (Lipinski definition) is 2. The van der Waals surface area contributed by atoms with Crippen LogP contribution in [-0.4, -0.2) is 45.7 Å². The van der Waals surface area contributed by atoms with Crippen molar-refractivity contribution in [1.82, 2.24) is 30.2 Å². The zero-order chi connectivity index (χ0) is 18.4. The van der Waals surface area contributed by atoms with Gasteiger partial charge in [0.2, 0.25) is 0 Å². The Balaban J connectivity index is 1.71. The molecule has 0 unspecified atom stereocenters. The van der Waals surface area contributed by atoms with Gasteiger partial charge in [0.25, 0.3) is 0 Å². The molecule has 0 bridgehead atoms. The summed E-state index contributed by atoms with van der Waals surface area (Å²) in [6.07, 6.45) is 1.95. The molecular weight excluding hydrogens is 314 g/mol. The first-order chi connectivity index (χ1) is 11.9. The first kappa shape index (κ1) is 19.0. The Morgan fingerprint density at radius 3 is 2.40 bits per heavy atom. The van der Waals surface area contributed by atoms with Crippen molar-refractivity contribution in [2.75, 3.05) is 20.1 Å². The number of rotatable bonds is 7. The van der Waals surface area contributed by atoms with Crippen LogP contribution in [0.15, 0.2) is 11.1 Å². The summed E-state index contributed by atoms with van der Waals surface area (Å²) in [4.78, 5) is 4.29. The molecule has 2 N–H and O–H groups in total. The summed E-state index contributed by atoms with van der Waals surface area (Å²) in [5.74, 6) is 0.840. The normalized spacial score (nSPS) is 11.8. The molecule has 2 rings (SSSR count). The molecule has 0 spiro atoms. The van der Waals surface area contributed by atoms with E-state index in [0.717, 1.165) is 49.8 Å². The number of aryl methyl sites for hydroxylation is 5. The van der Waals surface area contributed by atoms with Crippen molar-refractivity contribution in [1.29, 1.82) is 0 Å². The second kappa shape index (κ2) is 8.69. The van der Waals surface area contributed by atoms with E-state index < -0.39 is 0 Å². The molecule has 0 aliphatic rings. The lowest BCUT2D eigenvalue weighted by atomic mass is 10.1. The van der Waals surface area contributed by atoms with Gasteiger partial charge in [-0.3, -0.25) is 14.4 Å². The highest BCUT2D eigenvalue weighted by Gasteiger charge is 2.09. The molecule has 0 amide bonds. The van der Waals surface area contributed by atoms with Crippen LogP contribution in [0.2, 0.25) is 0 Å². The van der Waals surface area contributed by atoms with Crippen LogP contribution < -0.4 is 10.6 Å². The van der Waals surface area contributed by atoms with Crippen molar-refractivity contribution in [2.24, 2.45) is 12.0 Å². The highest BCUT2D eigenvalue weighted by Crippen LogP contribution is 2.11. The van der Waals surface area contributed by atoms with E-state index in [1.807, 2.05) is 18.7 Å². The Morgan fingerprint density at radius 2 is 1.84 bits per heavy atom. The van der Waals surface area contributed by atoms with Crippen molar-refractivity contribution in [3.05, 3.63) is 34.4 Å². The SMILES string of the molecule is CN=C(NCCCn1nc(C)cc1C)NCCc1c(C)nn(C)c1C. The van der Waals surface area contributed by atoms with E-state index in [-0.39, 0.29) is 0 Å². The van der Waals surface area contributed by atoms with Crippen LogP contribution >= 0.6 is 0 Å². The lowest BCUT2D eigenvalue weighted by Gasteiger charge is -2.12. The van der Waals surface area contributed by atoms with Crippen molar-refractivity contribution >= 4 is 5.96 Å². The van der Waals surface area contributed by atoms with E-state index in [9.17, 15) is 0 Å². The first-order valence-electron chi connectivity index (χ1n) is 8.87. The predicted molar refractivity (Wildman–Crippen MR) is 102 cm³/mol. The Labute approximate surface area is 150 Å². The Bertz CT molecular complexity index is 724. The fourth-order valence-electron chi connectivity index (χ4n) is 3.04. The van der Waals surface area contributed by atoms with E-state index >= 15 is 0 Å². The molecule has 0 aromatic carbocycles. The van der Waals surface area contributed by atoms with Gasteiger partial charge in [-0.25, -0.2) is 0 Å². The quantitative estimate of drug-likeness (QED) is 0.455. The molecule has 0 fully saturated rings. The zero-order valence-electron chi connectivity index (χ0n) is 16.3. The first-order valence-corrected chi connectivity index (χ1v) is 8.87. The second-order valence-electron chi connectivity index (χ2n) is 6.45. The number of guanidine groups is 1. The lowest BCUT2D eigenvalue weighted by Crippen LogP contribution is -2.39. The van der Waals surface area contributed by atoms with Crippen LogP contribution in [0.1, 0.15) is 34.8 Å². The van der Waals surface area contributed by atoms with Gasteiger partial charge in [0.15, 0.2) is 5.96 Å². The third-order valence-corrected chi connectivity index (χ3v) is 4.49. The number of nitrogens with zero attached hydrogens (tertiary/aromatic N) is 5. The van der Waals surface area contributed by atoms with Gasteiger partial charge in [-0.2, -0.15) is 10.2 Å². The molecule has 138 valence electrons. The maximum absolute atomic E-state index is 4.48. The molecule has 2 aromatic heterocycles. The van der Waals surface area contributed by atoms with Crippen molar-refractivity contribution in [3.63, 3.8) is 0 Å². The number of aliphatic imine (C=N–C) groups is 1. The summed E-state index contributed by atoms with van der Waals surface area (Å²) in [5, 5.41) is 15.7. The van der Waals surface area contributed by atoms with Crippen LogP contribution in [0.4, 0.5) is 0 Å². The molecule has 0 saturated carbocycles. The minimum Gasteiger partial charge on any atom is -0.356 e. The molecule has 2 heterocycles. The minimum atomic E-state index is 0.838. The molecule has 7 nitrogen and oxygen atoms in total. The summed E-state index contributed by atoms with van der Waals surface area (Å²) in [6, 6.07) is 2.11. The van der Waals surface area contributed by atoms with Gasteiger partial charge in [0.1, 0.15) is 0 Å². The number of nitrogens with one attached hydrogen (secondary N) is 2. The minimum absolute atomic E-state index is 0.838. The maximum atomic E-state index is 4.48. The zero-order valence-corrected chi connectivity index (χ0v) is 16.3. The van der Waals surface area contributed by atoms with E-state index in [1.165, 1.54) is 17.0 Å². The summed E-state index contributed by atoms with van der Waals surface area (Å²) >= 11 is 0. The molecule has 2 aromatic rings. The van der Waals surface area contributed by atoms with Crippen LogP contribution in [-0.2, 0) is 20.0 Å². The summed E-state index contributed by atoms with van der Waals surface area (Å²) < 4.78 is 4.00. The molecule has 0 aliphatic heterocycles. The average Bonchev–Trinajstić information content (AvgIpc) is 3.01. The highest BCUT2D eigenvalue weighted by atomic mass is 15.3. The van der Waals surface area contributed by atoms with E-state index in [4.69, 9.17) is 0 Å². The van der Waals surface area contributed by atoms with E-state index in [1.54, 1.807) is 7.05 Å². The van der Waals surface area contributed by atoms with Gasteiger partial charge >= 0.3 is 0 Å². The molecule has 0 radical (unpaired) electrons. The van der Waals surface area contributed by atoms with Gasteiger partial charge in [-0.1, -0.05) is 0 Å². The van der Waals surface area contributed by atoms with Gasteiger partial charge in [-0.05, 0) is 52.2 Å². The molecular formula is C18H31N7. The topological polar surface area (TPSA) is 72.1 Å². The predicted octanol–water partition coefficient (Wildman–Crippen LogP) is 1.65. The second-order valence-corrected chi connectivity index (χ2v) is 6.45. The smallest absolute Gasteiger partial charge is 0.190 e. The van der Waals surface area contributed by atoms with Gasteiger partial charge in [0, 0.05) is 45.1 Å². The molecule has 0 atom stereocenters. The van der Waals surface area contributed by atoms with E-state index in [0.29, 0.717) is 0 Å². The molecule has 25 heavy (non-hydrogen) atoms. The largest absolute Gasteiger partial charge is 0.356 e. The molecule has 0 saturated heterocycles. The monoisotopic (exact) mass is 345 g/mol. The Morgan fingerprint density at radius 1 is 1.12 bits per heavy atom. The van der Waals surface area contributed by atoms with Gasteiger partial charge in [-0.15, -0.1) is 0 Å². The highest BCUT2D eigenvalue weighted by molar-refractivity contribution is 5.79.